The van der Waals surface area contributed by atoms with Crippen molar-refractivity contribution in [3.63, 3.8) is 0 Å². The number of thiazole rings is 1. The van der Waals surface area contributed by atoms with Gasteiger partial charge in [-0.15, -0.1) is 11.3 Å². The SMILES string of the molecule is Cc1cncc(OCCC2CCOC3(C2)CN(Cc2scnc2C)C3)n1. The lowest BCUT2D eigenvalue weighted by molar-refractivity contribution is -0.181. The van der Waals surface area contributed by atoms with Gasteiger partial charge >= 0.3 is 0 Å². The van der Waals surface area contributed by atoms with Gasteiger partial charge in [0.05, 0.1) is 35.3 Å². The van der Waals surface area contributed by atoms with Crippen LogP contribution >= 0.6 is 11.3 Å². The average Bonchev–Trinajstić information content (AvgIpc) is 2.99. The van der Waals surface area contributed by atoms with E-state index in [-0.39, 0.29) is 5.60 Å². The zero-order valence-corrected chi connectivity index (χ0v) is 16.3. The van der Waals surface area contributed by atoms with Gasteiger partial charge in [-0.05, 0) is 39.0 Å². The summed E-state index contributed by atoms with van der Waals surface area (Å²) >= 11 is 1.75. The van der Waals surface area contributed by atoms with Crippen LogP contribution in [0.15, 0.2) is 17.9 Å². The van der Waals surface area contributed by atoms with Gasteiger partial charge in [0.25, 0.3) is 0 Å². The quantitative estimate of drug-likeness (QED) is 0.775. The van der Waals surface area contributed by atoms with Crippen LogP contribution in [0.25, 0.3) is 0 Å². The molecule has 1 spiro atoms. The predicted molar refractivity (Wildman–Crippen MR) is 100 cm³/mol. The molecule has 2 aromatic heterocycles. The number of ether oxygens (including phenoxy) is 2. The maximum absolute atomic E-state index is 6.17. The van der Waals surface area contributed by atoms with Crippen molar-refractivity contribution in [2.24, 2.45) is 5.92 Å². The van der Waals surface area contributed by atoms with Crippen molar-refractivity contribution in [1.29, 1.82) is 0 Å². The third kappa shape index (κ3) is 4.05. The van der Waals surface area contributed by atoms with E-state index in [0.717, 1.165) is 56.9 Å². The second-order valence-electron chi connectivity index (χ2n) is 7.53. The summed E-state index contributed by atoms with van der Waals surface area (Å²) in [5.74, 6) is 1.29. The van der Waals surface area contributed by atoms with Gasteiger partial charge in [-0.1, -0.05) is 0 Å². The molecule has 1 atom stereocenters. The van der Waals surface area contributed by atoms with E-state index >= 15 is 0 Å². The summed E-state index contributed by atoms with van der Waals surface area (Å²) in [5.41, 5.74) is 4.05. The van der Waals surface area contributed by atoms with Crippen LogP contribution in [0.5, 0.6) is 5.88 Å². The summed E-state index contributed by atoms with van der Waals surface area (Å²) in [6.45, 7) is 8.65. The average molecular weight is 375 g/mol. The number of likely N-dealkylation sites (tertiary alicyclic amines) is 1. The first-order valence-corrected chi connectivity index (χ1v) is 10.2. The highest BCUT2D eigenvalue weighted by molar-refractivity contribution is 7.09. The largest absolute Gasteiger partial charge is 0.477 e. The zero-order valence-electron chi connectivity index (χ0n) is 15.5. The molecule has 0 bridgehead atoms. The molecule has 26 heavy (non-hydrogen) atoms. The Labute approximate surface area is 158 Å². The van der Waals surface area contributed by atoms with Crippen molar-refractivity contribution in [3.05, 3.63) is 34.2 Å². The Balaban J connectivity index is 1.23. The lowest BCUT2D eigenvalue weighted by Crippen LogP contribution is -2.64. The fourth-order valence-electron chi connectivity index (χ4n) is 4.00. The number of nitrogens with zero attached hydrogens (tertiary/aromatic N) is 4. The van der Waals surface area contributed by atoms with Gasteiger partial charge < -0.3 is 9.47 Å². The van der Waals surface area contributed by atoms with Crippen molar-refractivity contribution in [3.8, 4) is 5.88 Å². The van der Waals surface area contributed by atoms with Crippen LogP contribution in [0, 0.1) is 19.8 Å². The molecule has 2 fully saturated rings. The van der Waals surface area contributed by atoms with E-state index in [4.69, 9.17) is 9.47 Å². The lowest BCUT2D eigenvalue weighted by atomic mass is 9.79. The molecular weight excluding hydrogens is 348 g/mol. The molecule has 0 N–H and O–H groups in total. The standard InChI is InChI=1S/C19H26N4O2S/c1-14-8-20-9-18(22-14)24-5-3-16-4-6-25-19(7-16)11-23(12-19)10-17-15(2)21-13-26-17/h8-9,13,16H,3-7,10-12H2,1-2H3. The monoisotopic (exact) mass is 374 g/mol. The van der Waals surface area contributed by atoms with Crippen LogP contribution in [0.4, 0.5) is 0 Å². The molecule has 0 amide bonds. The number of hydrogen-bond acceptors (Lipinski definition) is 7. The number of hydrogen-bond donors (Lipinski definition) is 0. The van der Waals surface area contributed by atoms with E-state index < -0.39 is 0 Å². The fourth-order valence-corrected chi connectivity index (χ4v) is 4.82. The van der Waals surface area contributed by atoms with Crippen LogP contribution in [0.3, 0.4) is 0 Å². The molecule has 2 aliphatic rings. The van der Waals surface area contributed by atoms with Crippen molar-refractivity contribution >= 4 is 11.3 Å². The van der Waals surface area contributed by atoms with E-state index in [0.29, 0.717) is 18.4 Å². The van der Waals surface area contributed by atoms with Crippen molar-refractivity contribution in [2.45, 2.75) is 45.3 Å². The van der Waals surface area contributed by atoms with E-state index in [1.54, 1.807) is 23.7 Å². The summed E-state index contributed by atoms with van der Waals surface area (Å²) in [4.78, 5) is 16.7. The number of rotatable bonds is 6. The van der Waals surface area contributed by atoms with E-state index in [9.17, 15) is 0 Å². The van der Waals surface area contributed by atoms with Crippen LogP contribution in [-0.4, -0.2) is 51.8 Å². The Morgan fingerprint density at radius 3 is 3.00 bits per heavy atom. The van der Waals surface area contributed by atoms with Gasteiger partial charge in [-0.3, -0.25) is 9.88 Å². The summed E-state index contributed by atoms with van der Waals surface area (Å²) in [6, 6.07) is 0. The number of aromatic nitrogens is 3. The minimum atomic E-state index is 0.0602. The zero-order chi connectivity index (χ0) is 18.0. The molecule has 0 aromatic carbocycles. The summed E-state index contributed by atoms with van der Waals surface area (Å²) in [6.07, 6.45) is 6.73. The van der Waals surface area contributed by atoms with E-state index in [1.807, 2.05) is 12.4 Å². The van der Waals surface area contributed by atoms with Gasteiger partial charge in [0.2, 0.25) is 5.88 Å². The first-order valence-electron chi connectivity index (χ1n) is 9.29. The molecular formula is C19H26N4O2S. The Hall–Kier alpha value is -1.57. The Morgan fingerprint density at radius 2 is 2.23 bits per heavy atom. The Bertz CT molecular complexity index is 745. The predicted octanol–water partition coefficient (Wildman–Crippen LogP) is 3.00. The third-order valence-electron chi connectivity index (χ3n) is 5.34. The Kier molecular flexibility index (Phi) is 5.20. The summed E-state index contributed by atoms with van der Waals surface area (Å²) < 4.78 is 12.0. The first-order chi connectivity index (χ1) is 12.6. The molecule has 2 aliphatic heterocycles. The van der Waals surface area contributed by atoms with Crippen molar-refractivity contribution < 1.29 is 9.47 Å². The van der Waals surface area contributed by atoms with Crippen molar-refractivity contribution in [1.82, 2.24) is 19.9 Å². The molecule has 4 heterocycles. The molecule has 2 aromatic rings. The van der Waals surface area contributed by atoms with Crippen LogP contribution < -0.4 is 4.74 Å². The molecule has 0 aliphatic carbocycles. The van der Waals surface area contributed by atoms with Gasteiger partial charge in [-0.25, -0.2) is 9.97 Å². The van der Waals surface area contributed by atoms with Crippen LogP contribution in [-0.2, 0) is 11.3 Å². The van der Waals surface area contributed by atoms with Crippen LogP contribution in [0.2, 0.25) is 0 Å². The van der Waals surface area contributed by atoms with Gasteiger partial charge in [-0.2, -0.15) is 0 Å². The first kappa shape index (κ1) is 17.8. The maximum Gasteiger partial charge on any atom is 0.232 e. The smallest absolute Gasteiger partial charge is 0.232 e. The second-order valence-corrected chi connectivity index (χ2v) is 8.47. The normalized spacial score (nSPS) is 22.3. The summed E-state index contributed by atoms with van der Waals surface area (Å²) in [5, 5.41) is 0. The van der Waals surface area contributed by atoms with E-state index in [2.05, 4.69) is 26.8 Å². The number of aryl methyl sites for hydroxylation is 2. The summed E-state index contributed by atoms with van der Waals surface area (Å²) in [7, 11) is 0. The third-order valence-corrected chi connectivity index (χ3v) is 6.26. The molecule has 1 unspecified atom stereocenters. The molecule has 7 heteroatoms. The Morgan fingerprint density at radius 1 is 1.35 bits per heavy atom. The lowest BCUT2D eigenvalue weighted by Gasteiger charge is -2.53. The molecule has 2 saturated heterocycles. The van der Waals surface area contributed by atoms with Crippen LogP contribution in [0.1, 0.15) is 35.5 Å². The molecule has 0 saturated carbocycles. The second kappa shape index (κ2) is 7.58. The highest BCUT2D eigenvalue weighted by Crippen LogP contribution is 2.39. The minimum absolute atomic E-state index is 0.0602. The molecule has 6 nitrogen and oxygen atoms in total. The maximum atomic E-state index is 6.17. The molecule has 140 valence electrons. The molecule has 4 rings (SSSR count). The topological polar surface area (TPSA) is 60.4 Å². The van der Waals surface area contributed by atoms with Gasteiger partial charge in [0, 0.05) is 37.3 Å². The highest BCUT2D eigenvalue weighted by Gasteiger charge is 2.47. The fraction of sp³-hybridized carbons (Fsp3) is 0.632. The van der Waals surface area contributed by atoms with Gasteiger partial charge in [0.15, 0.2) is 0 Å². The van der Waals surface area contributed by atoms with E-state index in [1.165, 1.54) is 4.88 Å². The minimum Gasteiger partial charge on any atom is -0.477 e. The highest BCUT2D eigenvalue weighted by atomic mass is 32.1. The van der Waals surface area contributed by atoms with Gasteiger partial charge in [0.1, 0.15) is 0 Å². The molecule has 0 radical (unpaired) electrons. The van der Waals surface area contributed by atoms with Crippen molar-refractivity contribution in [2.75, 3.05) is 26.3 Å².